The lowest BCUT2D eigenvalue weighted by molar-refractivity contribution is -0.114. The molecular formula is C21H22ClN5O5S2. The third-order valence-electron chi connectivity index (χ3n) is 4.49. The van der Waals surface area contributed by atoms with Crippen LogP contribution in [0, 0.1) is 6.92 Å². The van der Waals surface area contributed by atoms with Crippen LogP contribution in [0.3, 0.4) is 0 Å². The quantitative estimate of drug-likeness (QED) is 0.391. The number of aromatic nitrogens is 2. The Morgan fingerprint density at radius 3 is 2.47 bits per heavy atom. The Labute approximate surface area is 205 Å². The van der Waals surface area contributed by atoms with E-state index in [-0.39, 0.29) is 38.8 Å². The first-order chi connectivity index (χ1) is 16.1. The van der Waals surface area contributed by atoms with Crippen LogP contribution in [0.4, 0.5) is 10.8 Å². The number of aryl methyl sites for hydroxylation is 1. The first-order valence-electron chi connectivity index (χ1n) is 9.94. The molecule has 3 aromatic rings. The van der Waals surface area contributed by atoms with Crippen molar-refractivity contribution >= 4 is 55.6 Å². The van der Waals surface area contributed by atoms with Crippen molar-refractivity contribution < 1.29 is 22.7 Å². The molecule has 0 bridgehead atoms. The van der Waals surface area contributed by atoms with Crippen LogP contribution in [-0.4, -0.2) is 44.1 Å². The number of ether oxygens (including phenoxy) is 1. The molecule has 3 rings (SSSR count). The summed E-state index contributed by atoms with van der Waals surface area (Å²) < 4.78 is 32.5. The van der Waals surface area contributed by atoms with Gasteiger partial charge in [-0.25, -0.2) is 13.1 Å². The zero-order valence-electron chi connectivity index (χ0n) is 18.5. The summed E-state index contributed by atoms with van der Waals surface area (Å²) in [6.45, 7) is 3.33. The van der Waals surface area contributed by atoms with Crippen LogP contribution in [0.15, 0.2) is 41.3 Å². The van der Waals surface area contributed by atoms with Crippen molar-refractivity contribution in [2.45, 2.75) is 25.2 Å². The molecule has 13 heteroatoms. The van der Waals surface area contributed by atoms with E-state index in [0.29, 0.717) is 17.1 Å². The molecule has 180 valence electrons. The highest BCUT2D eigenvalue weighted by molar-refractivity contribution is 7.89. The number of amides is 2. The van der Waals surface area contributed by atoms with Gasteiger partial charge in [0.15, 0.2) is 0 Å². The van der Waals surface area contributed by atoms with Crippen molar-refractivity contribution in [1.29, 1.82) is 0 Å². The van der Waals surface area contributed by atoms with Crippen LogP contribution in [0.5, 0.6) is 5.75 Å². The molecule has 0 saturated heterocycles. The van der Waals surface area contributed by atoms with E-state index in [1.54, 1.807) is 24.3 Å². The Hall–Kier alpha value is -3.06. The maximum Gasteiger partial charge on any atom is 0.261 e. The third kappa shape index (κ3) is 6.50. The molecule has 0 spiro atoms. The van der Waals surface area contributed by atoms with Crippen LogP contribution < -0.4 is 20.1 Å². The Bertz CT molecular complexity index is 1310. The number of hydrogen-bond donors (Lipinski definition) is 3. The topological polar surface area (TPSA) is 139 Å². The molecule has 34 heavy (non-hydrogen) atoms. The average Bonchev–Trinajstić information content (AvgIpc) is 3.21. The van der Waals surface area contributed by atoms with Crippen LogP contribution in [0.25, 0.3) is 0 Å². The fraction of sp³-hybridized carbons (Fsp3) is 0.238. The second-order valence-corrected chi connectivity index (χ2v) is 10.4. The van der Waals surface area contributed by atoms with Gasteiger partial charge >= 0.3 is 0 Å². The van der Waals surface area contributed by atoms with Crippen LogP contribution in [0.1, 0.15) is 27.9 Å². The predicted octanol–water partition coefficient (Wildman–Crippen LogP) is 3.24. The van der Waals surface area contributed by atoms with Gasteiger partial charge in [0.25, 0.3) is 5.91 Å². The molecule has 0 unspecified atom stereocenters. The van der Waals surface area contributed by atoms with Crippen molar-refractivity contribution in [3.8, 4) is 5.75 Å². The molecule has 0 atom stereocenters. The number of nitrogens with zero attached hydrogens (tertiary/aromatic N) is 2. The van der Waals surface area contributed by atoms with E-state index < -0.39 is 15.9 Å². The lowest BCUT2D eigenvalue weighted by atomic mass is 10.1. The number of rotatable bonds is 9. The highest BCUT2D eigenvalue weighted by Gasteiger charge is 2.19. The maximum atomic E-state index is 12.7. The third-order valence-corrected chi connectivity index (χ3v) is 7.18. The summed E-state index contributed by atoms with van der Waals surface area (Å²) in [4.78, 5) is 24.2. The van der Waals surface area contributed by atoms with E-state index in [1.807, 2.05) is 6.92 Å². The van der Waals surface area contributed by atoms with Crippen molar-refractivity contribution in [3.05, 3.63) is 57.6 Å². The summed E-state index contributed by atoms with van der Waals surface area (Å²) in [5.74, 6) is -0.638. The van der Waals surface area contributed by atoms with Gasteiger partial charge in [0.05, 0.1) is 28.3 Å². The molecule has 0 fully saturated rings. The van der Waals surface area contributed by atoms with Gasteiger partial charge in [0, 0.05) is 26.0 Å². The Kier molecular flexibility index (Phi) is 8.20. The molecule has 0 aliphatic heterocycles. The summed E-state index contributed by atoms with van der Waals surface area (Å²) in [5.41, 5.74) is 1.42. The Morgan fingerprint density at radius 2 is 1.82 bits per heavy atom. The minimum atomic E-state index is -3.63. The summed E-state index contributed by atoms with van der Waals surface area (Å²) in [6, 6.07) is 9.36. The number of carbonyl (C=O) groups is 2. The normalized spacial score (nSPS) is 11.2. The first kappa shape index (κ1) is 25.6. The van der Waals surface area contributed by atoms with E-state index in [1.165, 1.54) is 26.2 Å². The van der Waals surface area contributed by atoms with Crippen molar-refractivity contribution in [1.82, 2.24) is 14.9 Å². The van der Waals surface area contributed by atoms with E-state index in [4.69, 9.17) is 16.3 Å². The van der Waals surface area contributed by atoms with Gasteiger partial charge in [-0.3, -0.25) is 14.9 Å². The van der Waals surface area contributed by atoms with Gasteiger partial charge in [0.2, 0.25) is 21.1 Å². The molecular weight excluding hydrogens is 502 g/mol. The summed E-state index contributed by atoms with van der Waals surface area (Å²) in [7, 11) is -2.25. The van der Waals surface area contributed by atoms with Gasteiger partial charge in [-0.15, -0.1) is 10.2 Å². The molecule has 0 saturated carbocycles. The fourth-order valence-electron chi connectivity index (χ4n) is 2.85. The standard InChI is InChI=1S/C21H22ClN5O5S2/c1-12-4-6-14(7-5-12)34(30,31)23-9-8-19-26-27-21(33-19)25-20(29)15-10-16(22)17(24-13(2)28)11-18(15)32-3/h4-7,10-11,23H,8-9H2,1-3H3,(H,24,28)(H,25,27,29). The number of carbonyl (C=O) groups excluding carboxylic acids is 2. The zero-order chi connectivity index (χ0) is 24.9. The number of methoxy groups -OCH3 is 1. The molecule has 0 aliphatic carbocycles. The van der Waals surface area contributed by atoms with Crippen molar-refractivity contribution in [3.63, 3.8) is 0 Å². The van der Waals surface area contributed by atoms with Crippen molar-refractivity contribution in [2.75, 3.05) is 24.3 Å². The highest BCUT2D eigenvalue weighted by Crippen LogP contribution is 2.31. The van der Waals surface area contributed by atoms with E-state index >= 15 is 0 Å². The van der Waals surface area contributed by atoms with Crippen LogP contribution in [0.2, 0.25) is 5.02 Å². The summed E-state index contributed by atoms with van der Waals surface area (Å²) in [6.07, 6.45) is 0.291. The van der Waals surface area contributed by atoms with E-state index in [9.17, 15) is 18.0 Å². The van der Waals surface area contributed by atoms with Gasteiger partial charge in [0.1, 0.15) is 10.8 Å². The van der Waals surface area contributed by atoms with Gasteiger partial charge in [-0.1, -0.05) is 40.6 Å². The number of hydrogen-bond acceptors (Lipinski definition) is 8. The number of benzene rings is 2. The lowest BCUT2D eigenvalue weighted by Crippen LogP contribution is -2.25. The molecule has 0 aliphatic rings. The van der Waals surface area contributed by atoms with E-state index in [0.717, 1.165) is 16.9 Å². The number of halogens is 1. The van der Waals surface area contributed by atoms with Crippen LogP contribution >= 0.6 is 22.9 Å². The number of nitrogens with one attached hydrogen (secondary N) is 3. The second kappa shape index (κ2) is 10.9. The SMILES string of the molecule is COc1cc(NC(C)=O)c(Cl)cc1C(=O)Nc1nnc(CCNS(=O)(=O)c2ccc(C)cc2)s1. The largest absolute Gasteiger partial charge is 0.496 e. The number of anilines is 2. The van der Waals surface area contributed by atoms with Crippen LogP contribution in [-0.2, 0) is 21.2 Å². The summed E-state index contributed by atoms with van der Waals surface area (Å²) >= 11 is 7.28. The Morgan fingerprint density at radius 1 is 1.12 bits per heavy atom. The molecule has 3 N–H and O–H groups in total. The molecule has 10 nitrogen and oxygen atoms in total. The van der Waals surface area contributed by atoms with Crippen molar-refractivity contribution in [2.24, 2.45) is 0 Å². The Balaban J connectivity index is 1.62. The molecule has 1 heterocycles. The molecule has 2 aromatic carbocycles. The predicted molar refractivity (Wildman–Crippen MR) is 130 cm³/mol. The van der Waals surface area contributed by atoms with Gasteiger partial charge < -0.3 is 10.1 Å². The second-order valence-electron chi connectivity index (χ2n) is 7.13. The lowest BCUT2D eigenvalue weighted by Gasteiger charge is -2.12. The maximum absolute atomic E-state index is 12.7. The molecule has 0 radical (unpaired) electrons. The average molecular weight is 524 g/mol. The van der Waals surface area contributed by atoms with Gasteiger partial charge in [-0.05, 0) is 25.1 Å². The van der Waals surface area contributed by atoms with E-state index in [2.05, 4.69) is 25.6 Å². The van der Waals surface area contributed by atoms with Gasteiger partial charge in [-0.2, -0.15) is 0 Å². The monoisotopic (exact) mass is 523 g/mol. The minimum absolute atomic E-state index is 0.118. The fourth-order valence-corrected chi connectivity index (χ4v) is 4.82. The summed E-state index contributed by atoms with van der Waals surface area (Å²) in [5, 5.41) is 14.0. The highest BCUT2D eigenvalue weighted by atomic mass is 35.5. The molecule has 1 aromatic heterocycles. The number of sulfonamides is 1. The smallest absolute Gasteiger partial charge is 0.261 e. The minimum Gasteiger partial charge on any atom is -0.496 e. The molecule has 2 amide bonds. The first-order valence-corrected chi connectivity index (χ1v) is 12.6. The zero-order valence-corrected chi connectivity index (χ0v) is 20.9.